The molecule has 2 N–H and O–H groups in total. The first-order chi connectivity index (χ1) is 13.0. The van der Waals surface area contributed by atoms with Crippen LogP contribution in [0.3, 0.4) is 0 Å². The number of amides is 2. The Hall–Kier alpha value is -3.15. The molecule has 0 heterocycles. The molecule has 0 aliphatic heterocycles. The molecule has 0 radical (unpaired) electrons. The zero-order valence-corrected chi connectivity index (χ0v) is 15.4. The van der Waals surface area contributed by atoms with Gasteiger partial charge in [-0.25, -0.2) is 0 Å². The van der Waals surface area contributed by atoms with Crippen LogP contribution in [0, 0.1) is 0 Å². The van der Waals surface area contributed by atoms with Gasteiger partial charge in [-0.15, -0.1) is 0 Å². The van der Waals surface area contributed by atoms with Crippen LogP contribution in [0.25, 0.3) is 0 Å². The van der Waals surface area contributed by atoms with Gasteiger partial charge < -0.3 is 15.3 Å². The van der Waals surface area contributed by atoms with E-state index < -0.39 is 5.97 Å². The molecule has 0 saturated carbocycles. The summed E-state index contributed by atoms with van der Waals surface area (Å²) in [7, 11) is 1.70. The number of benzene rings is 2. The van der Waals surface area contributed by atoms with Gasteiger partial charge >= 0.3 is 5.97 Å². The van der Waals surface area contributed by atoms with E-state index in [0.29, 0.717) is 30.5 Å². The Morgan fingerprint density at radius 3 is 2.33 bits per heavy atom. The number of unbranched alkanes of at least 4 members (excludes halogenated alkanes) is 2. The number of hydrogen-bond donors (Lipinski definition) is 2. The first kappa shape index (κ1) is 20.2. The maximum absolute atomic E-state index is 12.7. The predicted octanol–water partition coefficient (Wildman–Crippen LogP) is 3.34. The Morgan fingerprint density at radius 1 is 0.926 bits per heavy atom. The number of hydrogen-bond acceptors (Lipinski definition) is 3. The van der Waals surface area contributed by atoms with Crippen LogP contribution < -0.4 is 10.2 Å². The van der Waals surface area contributed by atoms with Crippen molar-refractivity contribution in [1.29, 1.82) is 0 Å². The van der Waals surface area contributed by atoms with Gasteiger partial charge in [0.25, 0.3) is 11.8 Å². The Kier molecular flexibility index (Phi) is 7.55. The fourth-order valence-electron chi connectivity index (χ4n) is 2.64. The number of carbonyl (C=O) groups excluding carboxylic acids is 2. The van der Waals surface area contributed by atoms with Gasteiger partial charge in [0.15, 0.2) is 0 Å². The molecule has 2 aromatic carbocycles. The predicted molar refractivity (Wildman–Crippen MR) is 104 cm³/mol. The molecule has 6 heteroatoms. The molecule has 0 aliphatic carbocycles. The molecule has 2 aromatic rings. The quantitative estimate of drug-likeness (QED) is 0.665. The van der Waals surface area contributed by atoms with E-state index in [0.717, 1.165) is 12.1 Å². The SMILES string of the molecule is CN(C(=O)c1cccc(C(=O)NCCCCCC(=O)O)c1)c1ccccc1. The van der Waals surface area contributed by atoms with Gasteiger partial charge in [-0.2, -0.15) is 0 Å². The van der Waals surface area contributed by atoms with Crippen LogP contribution >= 0.6 is 0 Å². The summed E-state index contributed by atoms with van der Waals surface area (Å²) in [6.45, 7) is 0.473. The van der Waals surface area contributed by atoms with Crippen molar-refractivity contribution in [1.82, 2.24) is 5.32 Å². The van der Waals surface area contributed by atoms with Crippen molar-refractivity contribution in [3.63, 3.8) is 0 Å². The van der Waals surface area contributed by atoms with E-state index in [2.05, 4.69) is 5.32 Å². The van der Waals surface area contributed by atoms with Gasteiger partial charge in [0.05, 0.1) is 0 Å². The van der Waals surface area contributed by atoms with Crippen LogP contribution in [0.5, 0.6) is 0 Å². The highest BCUT2D eigenvalue weighted by molar-refractivity contribution is 6.07. The lowest BCUT2D eigenvalue weighted by Crippen LogP contribution is -2.27. The number of nitrogens with one attached hydrogen (secondary N) is 1. The highest BCUT2D eigenvalue weighted by Gasteiger charge is 2.15. The van der Waals surface area contributed by atoms with E-state index in [-0.39, 0.29) is 18.2 Å². The van der Waals surface area contributed by atoms with Crippen molar-refractivity contribution in [2.75, 3.05) is 18.5 Å². The first-order valence-corrected chi connectivity index (χ1v) is 8.92. The van der Waals surface area contributed by atoms with Gasteiger partial charge in [-0.1, -0.05) is 30.7 Å². The van der Waals surface area contributed by atoms with Crippen molar-refractivity contribution in [2.45, 2.75) is 25.7 Å². The Balaban J connectivity index is 1.91. The van der Waals surface area contributed by atoms with Crippen LogP contribution in [0.2, 0.25) is 0 Å². The molecule has 0 atom stereocenters. The average molecular weight is 368 g/mol. The second-order valence-electron chi connectivity index (χ2n) is 6.24. The van der Waals surface area contributed by atoms with Gasteiger partial charge in [-0.3, -0.25) is 14.4 Å². The number of carboxylic acid groups (broad SMARTS) is 1. The van der Waals surface area contributed by atoms with Crippen LogP contribution in [0.4, 0.5) is 5.69 Å². The fourth-order valence-corrected chi connectivity index (χ4v) is 2.64. The topological polar surface area (TPSA) is 86.7 Å². The Bertz CT molecular complexity index is 790. The molecule has 0 bridgehead atoms. The van der Waals surface area contributed by atoms with Crippen molar-refractivity contribution in [2.24, 2.45) is 0 Å². The second-order valence-corrected chi connectivity index (χ2v) is 6.24. The summed E-state index contributed by atoms with van der Waals surface area (Å²) in [6, 6.07) is 15.9. The maximum Gasteiger partial charge on any atom is 0.303 e. The largest absolute Gasteiger partial charge is 0.481 e. The summed E-state index contributed by atoms with van der Waals surface area (Å²) < 4.78 is 0. The summed E-state index contributed by atoms with van der Waals surface area (Å²) in [5.41, 5.74) is 1.64. The second kappa shape index (κ2) is 10.1. The minimum Gasteiger partial charge on any atom is -0.481 e. The van der Waals surface area contributed by atoms with E-state index in [1.807, 2.05) is 30.3 Å². The third kappa shape index (κ3) is 6.26. The van der Waals surface area contributed by atoms with E-state index in [9.17, 15) is 14.4 Å². The molecule has 0 aromatic heterocycles. The number of carbonyl (C=O) groups is 3. The van der Waals surface area contributed by atoms with E-state index >= 15 is 0 Å². The molecule has 0 spiro atoms. The lowest BCUT2D eigenvalue weighted by molar-refractivity contribution is -0.137. The average Bonchev–Trinajstić information content (AvgIpc) is 2.69. The number of para-hydroxylation sites is 1. The molecular formula is C21H24N2O4. The molecule has 27 heavy (non-hydrogen) atoms. The molecule has 142 valence electrons. The van der Waals surface area contributed by atoms with Crippen molar-refractivity contribution < 1.29 is 19.5 Å². The van der Waals surface area contributed by atoms with Gasteiger partial charge in [0, 0.05) is 36.8 Å². The summed E-state index contributed by atoms with van der Waals surface area (Å²) in [4.78, 5) is 36.9. The summed E-state index contributed by atoms with van der Waals surface area (Å²) >= 11 is 0. The van der Waals surface area contributed by atoms with Crippen molar-refractivity contribution >= 4 is 23.5 Å². The normalized spacial score (nSPS) is 10.3. The Morgan fingerprint density at radius 2 is 1.63 bits per heavy atom. The van der Waals surface area contributed by atoms with Crippen LogP contribution in [-0.2, 0) is 4.79 Å². The molecule has 0 saturated heterocycles. The zero-order chi connectivity index (χ0) is 19.6. The minimum absolute atomic E-state index is 0.146. The first-order valence-electron chi connectivity index (χ1n) is 8.92. The highest BCUT2D eigenvalue weighted by atomic mass is 16.4. The molecule has 0 aliphatic rings. The van der Waals surface area contributed by atoms with E-state index in [1.165, 1.54) is 0 Å². The van der Waals surface area contributed by atoms with Gasteiger partial charge in [0.2, 0.25) is 0 Å². The van der Waals surface area contributed by atoms with Crippen LogP contribution in [-0.4, -0.2) is 36.5 Å². The minimum atomic E-state index is -0.805. The molecular weight excluding hydrogens is 344 g/mol. The monoisotopic (exact) mass is 368 g/mol. The number of anilines is 1. The third-order valence-electron chi connectivity index (χ3n) is 4.17. The molecule has 0 unspecified atom stereocenters. The van der Waals surface area contributed by atoms with Crippen molar-refractivity contribution in [3.05, 3.63) is 65.7 Å². The van der Waals surface area contributed by atoms with Gasteiger partial charge in [-0.05, 0) is 43.2 Å². The molecule has 0 fully saturated rings. The van der Waals surface area contributed by atoms with Gasteiger partial charge in [0.1, 0.15) is 0 Å². The smallest absolute Gasteiger partial charge is 0.303 e. The number of aliphatic carboxylic acids is 1. The Labute approximate surface area is 158 Å². The fraction of sp³-hybridized carbons (Fsp3) is 0.286. The highest BCUT2D eigenvalue weighted by Crippen LogP contribution is 2.15. The number of carboxylic acids is 1. The number of nitrogens with zero attached hydrogens (tertiary/aromatic N) is 1. The maximum atomic E-state index is 12.7. The number of rotatable bonds is 9. The van der Waals surface area contributed by atoms with Crippen LogP contribution in [0.15, 0.2) is 54.6 Å². The summed E-state index contributed by atoms with van der Waals surface area (Å²) in [6.07, 6.45) is 2.20. The van der Waals surface area contributed by atoms with Crippen LogP contribution in [0.1, 0.15) is 46.4 Å². The molecule has 2 amide bonds. The lowest BCUT2D eigenvalue weighted by atomic mass is 10.1. The molecule has 2 rings (SSSR count). The van der Waals surface area contributed by atoms with E-state index in [1.54, 1.807) is 36.2 Å². The molecule has 6 nitrogen and oxygen atoms in total. The lowest BCUT2D eigenvalue weighted by Gasteiger charge is -2.17. The third-order valence-corrected chi connectivity index (χ3v) is 4.17. The van der Waals surface area contributed by atoms with Crippen molar-refractivity contribution in [3.8, 4) is 0 Å². The summed E-state index contributed by atoms with van der Waals surface area (Å²) in [5, 5.41) is 11.4. The zero-order valence-electron chi connectivity index (χ0n) is 15.4. The standard InChI is InChI=1S/C21H24N2O4/c1-23(18-11-4-2-5-12-18)21(27)17-10-8-9-16(15-17)20(26)22-14-7-3-6-13-19(24)25/h2,4-5,8-12,15H,3,6-7,13-14H2,1H3,(H,22,26)(H,24,25). The summed E-state index contributed by atoms with van der Waals surface area (Å²) in [5.74, 6) is -1.24. The van der Waals surface area contributed by atoms with E-state index in [4.69, 9.17) is 5.11 Å².